The van der Waals surface area contributed by atoms with E-state index in [-0.39, 0.29) is 23.3 Å². The minimum atomic E-state index is -0.318. The van der Waals surface area contributed by atoms with Crippen molar-refractivity contribution in [1.29, 1.82) is 5.26 Å². The lowest BCUT2D eigenvalue weighted by Gasteiger charge is -2.11. The molecule has 1 aliphatic carbocycles. The summed E-state index contributed by atoms with van der Waals surface area (Å²) in [6.45, 7) is 0.336. The molecule has 1 N–H and O–H groups in total. The molecule has 0 atom stereocenters. The van der Waals surface area contributed by atoms with Gasteiger partial charge < -0.3 is 10.1 Å². The number of carbonyl (C=O) groups is 1. The summed E-state index contributed by atoms with van der Waals surface area (Å²) in [5, 5.41) is 12.2. The molecule has 0 unspecified atom stereocenters. The maximum atomic E-state index is 12.9. The number of halogens is 1. The van der Waals surface area contributed by atoms with Crippen molar-refractivity contribution in [2.24, 2.45) is 0 Å². The van der Waals surface area contributed by atoms with Crippen molar-refractivity contribution >= 4 is 12.0 Å². The van der Waals surface area contributed by atoms with Gasteiger partial charge in [-0.2, -0.15) is 5.26 Å². The second-order valence-electron chi connectivity index (χ2n) is 6.61. The Labute approximate surface area is 158 Å². The molecule has 2 aromatic rings. The standard InChI is InChI=1S/C22H21FN2O2/c23-19-9-5-17(6-10-19)15-27-21-11-7-16(8-12-21)13-18(14-24)22(26)25-20-3-1-2-4-20/h5-13,20H,1-4,15H2,(H,25,26)/b18-13+. The first kappa shape index (κ1) is 18.7. The van der Waals surface area contributed by atoms with E-state index in [4.69, 9.17) is 4.74 Å². The van der Waals surface area contributed by atoms with Gasteiger partial charge >= 0.3 is 0 Å². The first-order valence-corrected chi connectivity index (χ1v) is 9.04. The van der Waals surface area contributed by atoms with Crippen LogP contribution in [0, 0.1) is 17.1 Å². The number of carbonyl (C=O) groups excluding carboxylic acids is 1. The summed E-state index contributed by atoms with van der Waals surface area (Å²) in [6.07, 6.45) is 5.77. The zero-order valence-electron chi connectivity index (χ0n) is 15.0. The second-order valence-corrected chi connectivity index (χ2v) is 6.61. The van der Waals surface area contributed by atoms with E-state index < -0.39 is 0 Å². The largest absolute Gasteiger partial charge is 0.489 e. The molecule has 0 aliphatic heterocycles. The van der Waals surface area contributed by atoms with Crippen molar-refractivity contribution in [1.82, 2.24) is 5.32 Å². The van der Waals surface area contributed by atoms with Crippen LogP contribution in [0.3, 0.4) is 0 Å². The van der Waals surface area contributed by atoms with Crippen molar-refractivity contribution in [2.45, 2.75) is 38.3 Å². The fraction of sp³-hybridized carbons (Fsp3) is 0.273. The van der Waals surface area contributed by atoms with E-state index >= 15 is 0 Å². The summed E-state index contributed by atoms with van der Waals surface area (Å²) in [4.78, 5) is 12.2. The third kappa shape index (κ3) is 5.42. The number of benzene rings is 2. The van der Waals surface area contributed by atoms with Crippen LogP contribution in [0.2, 0.25) is 0 Å². The lowest BCUT2D eigenvalue weighted by atomic mass is 10.1. The molecule has 1 aliphatic rings. The molecule has 0 heterocycles. The third-order valence-corrected chi connectivity index (χ3v) is 4.57. The number of nitrogens with one attached hydrogen (secondary N) is 1. The lowest BCUT2D eigenvalue weighted by Crippen LogP contribution is -2.33. The van der Waals surface area contributed by atoms with Gasteiger partial charge in [0.05, 0.1) is 0 Å². The molecule has 2 aromatic carbocycles. The summed E-state index contributed by atoms with van der Waals surface area (Å²) < 4.78 is 18.6. The van der Waals surface area contributed by atoms with E-state index in [1.807, 2.05) is 6.07 Å². The van der Waals surface area contributed by atoms with Crippen LogP contribution < -0.4 is 10.1 Å². The highest BCUT2D eigenvalue weighted by atomic mass is 19.1. The first-order valence-electron chi connectivity index (χ1n) is 9.04. The number of hydrogen-bond acceptors (Lipinski definition) is 3. The van der Waals surface area contributed by atoms with Crippen molar-refractivity contribution in [3.05, 3.63) is 71.0 Å². The lowest BCUT2D eigenvalue weighted by molar-refractivity contribution is -0.117. The Kier molecular flexibility index (Phi) is 6.22. The molecule has 0 saturated heterocycles. The van der Waals surface area contributed by atoms with Gasteiger partial charge in [-0.15, -0.1) is 0 Å². The molecule has 0 aromatic heterocycles. The molecule has 1 saturated carbocycles. The number of rotatable bonds is 6. The van der Waals surface area contributed by atoms with Crippen LogP contribution in [0.1, 0.15) is 36.8 Å². The van der Waals surface area contributed by atoms with Gasteiger partial charge in [-0.3, -0.25) is 4.79 Å². The van der Waals surface area contributed by atoms with Gasteiger partial charge in [0.25, 0.3) is 5.91 Å². The highest BCUT2D eigenvalue weighted by molar-refractivity contribution is 6.01. The highest BCUT2D eigenvalue weighted by Crippen LogP contribution is 2.19. The van der Waals surface area contributed by atoms with Gasteiger partial charge in [-0.05, 0) is 54.3 Å². The molecule has 4 nitrogen and oxygen atoms in total. The zero-order valence-corrected chi connectivity index (χ0v) is 15.0. The Bertz CT molecular complexity index is 845. The van der Waals surface area contributed by atoms with Crippen LogP contribution in [0.5, 0.6) is 5.75 Å². The van der Waals surface area contributed by atoms with E-state index in [1.54, 1.807) is 42.5 Å². The van der Waals surface area contributed by atoms with Crippen molar-refractivity contribution in [3.8, 4) is 11.8 Å². The predicted molar refractivity (Wildman–Crippen MR) is 101 cm³/mol. The molecule has 1 fully saturated rings. The van der Waals surface area contributed by atoms with E-state index in [2.05, 4.69) is 5.32 Å². The molecular formula is C22H21FN2O2. The van der Waals surface area contributed by atoms with Crippen LogP contribution in [0.25, 0.3) is 6.08 Å². The van der Waals surface area contributed by atoms with Crippen LogP contribution in [0.15, 0.2) is 54.1 Å². The predicted octanol–water partition coefficient (Wildman–Crippen LogP) is 4.37. The maximum absolute atomic E-state index is 12.9. The normalized spacial score (nSPS) is 14.6. The van der Waals surface area contributed by atoms with Gasteiger partial charge in [-0.1, -0.05) is 37.1 Å². The van der Waals surface area contributed by atoms with Crippen molar-refractivity contribution in [3.63, 3.8) is 0 Å². The Hall–Kier alpha value is -3.13. The van der Waals surface area contributed by atoms with Gasteiger partial charge in [0, 0.05) is 6.04 Å². The fourth-order valence-corrected chi connectivity index (χ4v) is 3.06. The van der Waals surface area contributed by atoms with Crippen LogP contribution in [-0.2, 0) is 11.4 Å². The third-order valence-electron chi connectivity index (χ3n) is 4.57. The number of ether oxygens (including phenoxy) is 1. The van der Waals surface area contributed by atoms with E-state index in [0.717, 1.165) is 36.8 Å². The number of nitriles is 1. The van der Waals surface area contributed by atoms with E-state index in [0.29, 0.717) is 12.4 Å². The van der Waals surface area contributed by atoms with Gasteiger partial charge in [-0.25, -0.2) is 4.39 Å². The van der Waals surface area contributed by atoms with Crippen molar-refractivity contribution < 1.29 is 13.9 Å². The molecule has 0 spiro atoms. The average molecular weight is 364 g/mol. The molecule has 1 amide bonds. The number of nitrogens with zero attached hydrogens (tertiary/aromatic N) is 1. The Morgan fingerprint density at radius 3 is 2.44 bits per heavy atom. The summed E-state index contributed by atoms with van der Waals surface area (Å²) in [6, 6.07) is 15.4. The minimum Gasteiger partial charge on any atom is -0.489 e. The molecule has 27 heavy (non-hydrogen) atoms. The number of amides is 1. The summed E-state index contributed by atoms with van der Waals surface area (Å²) >= 11 is 0. The smallest absolute Gasteiger partial charge is 0.262 e. The van der Waals surface area contributed by atoms with Crippen molar-refractivity contribution in [2.75, 3.05) is 0 Å². The van der Waals surface area contributed by atoms with E-state index in [1.165, 1.54) is 12.1 Å². The van der Waals surface area contributed by atoms with Crippen LogP contribution in [0.4, 0.5) is 4.39 Å². The SMILES string of the molecule is N#C/C(=C\c1ccc(OCc2ccc(F)cc2)cc1)C(=O)NC1CCCC1. The summed E-state index contributed by atoms with van der Waals surface area (Å²) in [5.41, 5.74) is 1.72. The highest BCUT2D eigenvalue weighted by Gasteiger charge is 2.19. The average Bonchev–Trinajstić information content (AvgIpc) is 3.19. The molecule has 0 radical (unpaired) electrons. The maximum Gasteiger partial charge on any atom is 0.262 e. The Balaban J connectivity index is 1.59. The van der Waals surface area contributed by atoms with Gasteiger partial charge in [0.15, 0.2) is 0 Å². The fourth-order valence-electron chi connectivity index (χ4n) is 3.06. The van der Waals surface area contributed by atoms with Crippen LogP contribution in [-0.4, -0.2) is 11.9 Å². The zero-order chi connectivity index (χ0) is 19.1. The monoisotopic (exact) mass is 364 g/mol. The van der Waals surface area contributed by atoms with E-state index in [9.17, 15) is 14.4 Å². The Morgan fingerprint density at radius 1 is 1.15 bits per heavy atom. The number of hydrogen-bond donors (Lipinski definition) is 1. The molecular weight excluding hydrogens is 343 g/mol. The molecule has 0 bridgehead atoms. The first-order chi connectivity index (χ1) is 13.1. The van der Waals surface area contributed by atoms with Gasteiger partial charge in [0.1, 0.15) is 29.8 Å². The minimum absolute atomic E-state index is 0.0990. The van der Waals surface area contributed by atoms with Gasteiger partial charge in [0.2, 0.25) is 0 Å². The summed E-state index contributed by atoms with van der Waals surface area (Å²) in [7, 11) is 0. The topological polar surface area (TPSA) is 62.1 Å². The molecule has 5 heteroatoms. The quantitative estimate of drug-likeness (QED) is 0.611. The molecule has 138 valence electrons. The summed E-state index contributed by atoms with van der Waals surface area (Å²) in [5.74, 6) is 0.0616. The van der Waals surface area contributed by atoms with Crippen LogP contribution >= 0.6 is 0 Å². The molecule has 3 rings (SSSR count). The second kappa shape index (κ2) is 9.00. The Morgan fingerprint density at radius 2 is 1.81 bits per heavy atom.